The number of benzene rings is 2. The molecule has 2 N–H and O–H groups in total. The van der Waals surface area contributed by atoms with E-state index in [2.05, 4.69) is 10.6 Å². The van der Waals surface area contributed by atoms with Crippen LogP contribution in [-0.4, -0.2) is 43.0 Å². The fraction of sp³-hybridized carbons (Fsp3) is 0.333. The molecule has 0 spiro atoms. The SMILES string of the molecule is CCOc1ccc(NCC(=O)Nc2ccc(C(=O)N(CC)CC)cc2)cc1. The lowest BCUT2D eigenvalue weighted by Crippen LogP contribution is -2.30. The first kappa shape index (κ1) is 20.3. The second kappa shape index (κ2) is 10.2. The number of carbonyl (C=O) groups excluding carboxylic acids is 2. The maximum Gasteiger partial charge on any atom is 0.253 e. The summed E-state index contributed by atoms with van der Waals surface area (Å²) in [5, 5.41) is 5.88. The molecule has 0 aromatic heterocycles. The quantitative estimate of drug-likeness (QED) is 0.708. The summed E-state index contributed by atoms with van der Waals surface area (Å²) in [4.78, 5) is 26.1. The molecule has 0 fully saturated rings. The maximum absolute atomic E-state index is 12.3. The molecule has 144 valence electrons. The van der Waals surface area contributed by atoms with E-state index in [1.807, 2.05) is 45.0 Å². The van der Waals surface area contributed by atoms with Gasteiger partial charge in [-0.1, -0.05) is 0 Å². The van der Waals surface area contributed by atoms with E-state index in [0.717, 1.165) is 11.4 Å². The smallest absolute Gasteiger partial charge is 0.253 e. The largest absolute Gasteiger partial charge is 0.494 e. The Hall–Kier alpha value is -3.02. The molecular weight excluding hydrogens is 342 g/mol. The van der Waals surface area contributed by atoms with Gasteiger partial charge in [-0.15, -0.1) is 0 Å². The molecule has 0 aliphatic carbocycles. The molecule has 0 aliphatic rings. The minimum absolute atomic E-state index is 0.00459. The Labute approximate surface area is 160 Å². The van der Waals surface area contributed by atoms with Gasteiger partial charge in [-0.05, 0) is 69.3 Å². The average Bonchev–Trinajstić information content (AvgIpc) is 2.69. The summed E-state index contributed by atoms with van der Waals surface area (Å²) in [5.41, 5.74) is 2.11. The molecular formula is C21H27N3O3. The van der Waals surface area contributed by atoms with Crippen molar-refractivity contribution in [1.82, 2.24) is 4.90 Å². The van der Waals surface area contributed by atoms with Crippen molar-refractivity contribution in [2.45, 2.75) is 20.8 Å². The maximum atomic E-state index is 12.3. The van der Waals surface area contributed by atoms with Crippen molar-refractivity contribution >= 4 is 23.2 Å². The zero-order valence-electron chi connectivity index (χ0n) is 16.1. The Morgan fingerprint density at radius 1 is 0.889 bits per heavy atom. The number of hydrogen-bond acceptors (Lipinski definition) is 4. The molecule has 2 aromatic rings. The van der Waals surface area contributed by atoms with Crippen LogP contribution in [-0.2, 0) is 4.79 Å². The number of nitrogens with one attached hydrogen (secondary N) is 2. The van der Waals surface area contributed by atoms with Gasteiger partial charge in [0.15, 0.2) is 0 Å². The van der Waals surface area contributed by atoms with E-state index >= 15 is 0 Å². The minimum Gasteiger partial charge on any atom is -0.494 e. The Bertz CT molecular complexity index is 738. The second-order valence-corrected chi connectivity index (χ2v) is 5.91. The van der Waals surface area contributed by atoms with E-state index < -0.39 is 0 Å². The molecule has 0 atom stereocenters. The predicted molar refractivity (Wildman–Crippen MR) is 108 cm³/mol. The molecule has 2 amide bonds. The second-order valence-electron chi connectivity index (χ2n) is 5.91. The molecule has 2 aromatic carbocycles. The van der Waals surface area contributed by atoms with Gasteiger partial charge >= 0.3 is 0 Å². The molecule has 27 heavy (non-hydrogen) atoms. The van der Waals surface area contributed by atoms with Crippen LogP contribution < -0.4 is 15.4 Å². The van der Waals surface area contributed by atoms with Crippen LogP contribution in [0.15, 0.2) is 48.5 Å². The lowest BCUT2D eigenvalue weighted by Gasteiger charge is -2.18. The topological polar surface area (TPSA) is 70.7 Å². The van der Waals surface area contributed by atoms with Gasteiger partial charge in [-0.25, -0.2) is 0 Å². The van der Waals surface area contributed by atoms with E-state index in [9.17, 15) is 9.59 Å². The van der Waals surface area contributed by atoms with Crippen molar-refractivity contribution in [2.75, 3.05) is 36.9 Å². The van der Waals surface area contributed by atoms with E-state index in [1.54, 1.807) is 29.2 Å². The van der Waals surface area contributed by atoms with Crippen LogP contribution in [0, 0.1) is 0 Å². The van der Waals surface area contributed by atoms with Crippen LogP contribution in [0.2, 0.25) is 0 Å². The summed E-state index contributed by atoms with van der Waals surface area (Å²) in [6.45, 7) is 7.95. The van der Waals surface area contributed by atoms with Gasteiger partial charge in [-0.2, -0.15) is 0 Å². The summed E-state index contributed by atoms with van der Waals surface area (Å²) in [5.74, 6) is 0.633. The summed E-state index contributed by atoms with van der Waals surface area (Å²) < 4.78 is 5.39. The zero-order chi connectivity index (χ0) is 19.6. The van der Waals surface area contributed by atoms with Crippen molar-refractivity contribution in [1.29, 1.82) is 0 Å². The van der Waals surface area contributed by atoms with Crippen molar-refractivity contribution < 1.29 is 14.3 Å². The molecule has 0 saturated heterocycles. The normalized spacial score (nSPS) is 10.2. The highest BCUT2D eigenvalue weighted by atomic mass is 16.5. The standard InChI is InChI=1S/C21H27N3O3/c1-4-24(5-2)21(26)16-7-9-18(10-8-16)23-20(25)15-22-17-11-13-19(14-12-17)27-6-3/h7-14,22H,4-6,15H2,1-3H3,(H,23,25). The fourth-order valence-electron chi connectivity index (χ4n) is 2.61. The molecule has 2 rings (SSSR count). The van der Waals surface area contributed by atoms with Crippen molar-refractivity contribution in [3.05, 3.63) is 54.1 Å². The average molecular weight is 369 g/mol. The number of nitrogens with zero attached hydrogens (tertiary/aromatic N) is 1. The monoisotopic (exact) mass is 369 g/mol. The number of hydrogen-bond donors (Lipinski definition) is 2. The van der Waals surface area contributed by atoms with Gasteiger partial charge in [0.25, 0.3) is 5.91 Å². The molecule has 0 unspecified atom stereocenters. The number of amides is 2. The van der Waals surface area contributed by atoms with Gasteiger partial charge in [0.2, 0.25) is 5.91 Å². The first-order valence-electron chi connectivity index (χ1n) is 9.23. The van der Waals surface area contributed by atoms with E-state index in [1.165, 1.54) is 0 Å². The van der Waals surface area contributed by atoms with Crippen LogP contribution in [0.4, 0.5) is 11.4 Å². The van der Waals surface area contributed by atoms with Crippen LogP contribution in [0.5, 0.6) is 5.75 Å². The van der Waals surface area contributed by atoms with Gasteiger partial charge in [0, 0.05) is 30.0 Å². The highest BCUT2D eigenvalue weighted by Gasteiger charge is 2.12. The van der Waals surface area contributed by atoms with Gasteiger partial charge in [0.05, 0.1) is 13.2 Å². The molecule has 0 aliphatic heterocycles. The lowest BCUT2D eigenvalue weighted by atomic mass is 10.1. The summed E-state index contributed by atoms with van der Waals surface area (Å²) in [6.07, 6.45) is 0. The van der Waals surface area contributed by atoms with Crippen molar-refractivity contribution in [3.63, 3.8) is 0 Å². The van der Waals surface area contributed by atoms with Gasteiger partial charge in [0.1, 0.15) is 5.75 Å². The summed E-state index contributed by atoms with van der Waals surface area (Å²) >= 11 is 0. The number of anilines is 2. The van der Waals surface area contributed by atoms with Crippen LogP contribution in [0.3, 0.4) is 0 Å². The first-order valence-corrected chi connectivity index (χ1v) is 9.23. The lowest BCUT2D eigenvalue weighted by molar-refractivity contribution is -0.114. The van der Waals surface area contributed by atoms with Crippen LogP contribution >= 0.6 is 0 Å². The minimum atomic E-state index is -0.160. The first-order chi connectivity index (χ1) is 13.1. The third-order valence-electron chi connectivity index (χ3n) is 4.08. The highest BCUT2D eigenvalue weighted by molar-refractivity contribution is 5.96. The van der Waals surface area contributed by atoms with Crippen LogP contribution in [0.25, 0.3) is 0 Å². The summed E-state index contributed by atoms with van der Waals surface area (Å²) in [7, 11) is 0. The fourth-order valence-corrected chi connectivity index (χ4v) is 2.61. The van der Waals surface area contributed by atoms with E-state index in [0.29, 0.717) is 30.9 Å². The Morgan fingerprint density at radius 3 is 2.04 bits per heavy atom. The summed E-state index contributed by atoms with van der Waals surface area (Å²) in [6, 6.07) is 14.4. The van der Waals surface area contributed by atoms with E-state index in [-0.39, 0.29) is 18.4 Å². The zero-order valence-corrected chi connectivity index (χ0v) is 16.1. The van der Waals surface area contributed by atoms with Crippen molar-refractivity contribution in [2.24, 2.45) is 0 Å². The highest BCUT2D eigenvalue weighted by Crippen LogP contribution is 2.16. The third-order valence-corrected chi connectivity index (χ3v) is 4.08. The Balaban J connectivity index is 1.85. The van der Waals surface area contributed by atoms with Crippen molar-refractivity contribution in [3.8, 4) is 5.75 Å². The predicted octanol–water partition coefficient (Wildman–Crippen LogP) is 3.62. The van der Waals surface area contributed by atoms with Gasteiger partial charge < -0.3 is 20.3 Å². The number of carbonyl (C=O) groups is 2. The van der Waals surface area contributed by atoms with E-state index in [4.69, 9.17) is 4.74 Å². The molecule has 0 radical (unpaired) electrons. The molecule has 6 nitrogen and oxygen atoms in total. The molecule has 6 heteroatoms. The molecule has 0 bridgehead atoms. The molecule has 0 heterocycles. The Kier molecular flexibility index (Phi) is 7.67. The number of ether oxygens (including phenoxy) is 1. The third kappa shape index (κ3) is 6.02. The molecule has 0 saturated carbocycles. The van der Waals surface area contributed by atoms with Crippen LogP contribution in [0.1, 0.15) is 31.1 Å². The Morgan fingerprint density at radius 2 is 1.48 bits per heavy atom. The van der Waals surface area contributed by atoms with Gasteiger partial charge in [-0.3, -0.25) is 9.59 Å². The number of rotatable bonds is 9.